The number of aryl methyl sites for hydroxylation is 1. The summed E-state index contributed by atoms with van der Waals surface area (Å²) < 4.78 is 0. The number of aliphatic hydroxyl groups is 1. The highest BCUT2D eigenvalue weighted by Crippen LogP contribution is 2.29. The van der Waals surface area contributed by atoms with Crippen LogP contribution in [0.1, 0.15) is 12.2 Å². The molecule has 1 aromatic heterocycles. The summed E-state index contributed by atoms with van der Waals surface area (Å²) >= 11 is 1.77. The Bertz CT molecular complexity index is 294. The normalized spacial score (nSPS) is 28.2. The minimum Gasteiger partial charge on any atom is -0.389 e. The van der Waals surface area contributed by atoms with Crippen molar-refractivity contribution in [3.8, 4) is 0 Å². The first kappa shape index (κ1) is 8.96. The lowest BCUT2D eigenvalue weighted by molar-refractivity contribution is 0.0664. The average Bonchev–Trinajstić information content (AvgIpc) is 2.62. The molecule has 0 aromatic carbocycles. The van der Waals surface area contributed by atoms with Crippen LogP contribution in [0.4, 0.5) is 0 Å². The highest BCUT2D eigenvalue weighted by molar-refractivity contribution is 7.99. The summed E-state index contributed by atoms with van der Waals surface area (Å²) in [7, 11) is 1.73. The molecular formula is C7H12N4OS. The third-order valence-electron chi connectivity index (χ3n) is 2.12. The smallest absolute Gasteiger partial charge is 0.177 e. The van der Waals surface area contributed by atoms with Gasteiger partial charge in [0, 0.05) is 12.2 Å². The van der Waals surface area contributed by atoms with E-state index >= 15 is 0 Å². The standard InChI is InChI=1S/C7H12N4OS/c1-11-9-6(8-10-11)4-7(12)2-3-13-5-7/h12H,2-5H2,1H3. The van der Waals surface area contributed by atoms with Crippen molar-refractivity contribution in [2.75, 3.05) is 11.5 Å². The highest BCUT2D eigenvalue weighted by Gasteiger charge is 2.33. The summed E-state index contributed by atoms with van der Waals surface area (Å²) in [6.45, 7) is 0. The van der Waals surface area contributed by atoms with Crippen LogP contribution >= 0.6 is 11.8 Å². The Morgan fingerprint density at radius 2 is 2.54 bits per heavy atom. The lowest BCUT2D eigenvalue weighted by atomic mass is 9.99. The Morgan fingerprint density at radius 3 is 3.08 bits per heavy atom. The quantitative estimate of drug-likeness (QED) is 0.705. The van der Waals surface area contributed by atoms with Crippen LogP contribution in [0.15, 0.2) is 0 Å². The van der Waals surface area contributed by atoms with E-state index in [4.69, 9.17) is 0 Å². The molecule has 1 saturated heterocycles. The first-order valence-electron chi connectivity index (χ1n) is 4.21. The van der Waals surface area contributed by atoms with E-state index in [0.717, 1.165) is 17.9 Å². The molecule has 0 amide bonds. The molecule has 13 heavy (non-hydrogen) atoms. The van der Waals surface area contributed by atoms with E-state index in [9.17, 15) is 5.11 Å². The third kappa shape index (κ3) is 2.00. The Morgan fingerprint density at radius 1 is 1.69 bits per heavy atom. The maximum atomic E-state index is 10.0. The number of rotatable bonds is 2. The SMILES string of the molecule is Cn1nnc(CC2(O)CCSC2)n1. The molecule has 1 atom stereocenters. The summed E-state index contributed by atoms with van der Waals surface area (Å²) in [5.41, 5.74) is -0.603. The van der Waals surface area contributed by atoms with E-state index in [1.165, 1.54) is 4.80 Å². The summed E-state index contributed by atoms with van der Waals surface area (Å²) in [5.74, 6) is 2.44. The van der Waals surface area contributed by atoms with Crippen molar-refractivity contribution >= 4 is 11.8 Å². The zero-order chi connectivity index (χ0) is 9.31. The second-order valence-corrected chi connectivity index (χ2v) is 4.50. The van der Waals surface area contributed by atoms with Gasteiger partial charge in [0.05, 0.1) is 12.6 Å². The molecule has 0 saturated carbocycles. The van der Waals surface area contributed by atoms with Crippen molar-refractivity contribution in [3.05, 3.63) is 5.82 Å². The Kier molecular flexibility index (Phi) is 2.25. The number of nitrogens with zero attached hydrogens (tertiary/aromatic N) is 4. The molecule has 72 valence electrons. The molecule has 5 nitrogen and oxygen atoms in total. The number of hydrogen-bond acceptors (Lipinski definition) is 5. The Labute approximate surface area is 80.5 Å². The van der Waals surface area contributed by atoms with Gasteiger partial charge in [-0.1, -0.05) is 0 Å². The largest absolute Gasteiger partial charge is 0.389 e. The van der Waals surface area contributed by atoms with Crippen molar-refractivity contribution in [2.45, 2.75) is 18.4 Å². The van der Waals surface area contributed by atoms with E-state index < -0.39 is 5.60 Å². The van der Waals surface area contributed by atoms with Crippen molar-refractivity contribution in [2.24, 2.45) is 7.05 Å². The predicted molar refractivity (Wildman–Crippen MR) is 49.4 cm³/mol. The molecule has 2 rings (SSSR count). The first-order valence-corrected chi connectivity index (χ1v) is 5.36. The lowest BCUT2D eigenvalue weighted by Crippen LogP contribution is -2.31. The van der Waals surface area contributed by atoms with Gasteiger partial charge < -0.3 is 5.11 Å². The predicted octanol–water partition coefficient (Wildman–Crippen LogP) is -0.379. The van der Waals surface area contributed by atoms with Crippen molar-refractivity contribution in [1.82, 2.24) is 20.2 Å². The van der Waals surface area contributed by atoms with Gasteiger partial charge in [-0.3, -0.25) is 0 Å². The van der Waals surface area contributed by atoms with Gasteiger partial charge in [0.25, 0.3) is 0 Å². The molecule has 1 aliphatic rings. The number of hydrogen-bond donors (Lipinski definition) is 1. The van der Waals surface area contributed by atoms with E-state index in [1.54, 1.807) is 18.8 Å². The monoisotopic (exact) mass is 200 g/mol. The summed E-state index contributed by atoms with van der Waals surface area (Å²) in [6.07, 6.45) is 1.35. The number of tetrazole rings is 1. The molecule has 1 N–H and O–H groups in total. The van der Waals surface area contributed by atoms with E-state index in [1.807, 2.05) is 0 Å². The van der Waals surface area contributed by atoms with Gasteiger partial charge in [-0.15, -0.1) is 10.2 Å². The zero-order valence-electron chi connectivity index (χ0n) is 7.47. The van der Waals surface area contributed by atoms with Crippen molar-refractivity contribution in [3.63, 3.8) is 0 Å². The zero-order valence-corrected chi connectivity index (χ0v) is 8.29. The van der Waals surface area contributed by atoms with Crippen LogP contribution in [0.25, 0.3) is 0 Å². The fourth-order valence-electron chi connectivity index (χ4n) is 1.42. The topological polar surface area (TPSA) is 63.8 Å². The third-order valence-corrected chi connectivity index (χ3v) is 3.35. The van der Waals surface area contributed by atoms with E-state index in [-0.39, 0.29) is 0 Å². The van der Waals surface area contributed by atoms with Gasteiger partial charge in [-0.05, 0) is 17.4 Å². The second kappa shape index (κ2) is 3.26. The molecule has 2 heterocycles. The van der Waals surface area contributed by atoms with Gasteiger partial charge >= 0.3 is 0 Å². The minimum atomic E-state index is -0.603. The van der Waals surface area contributed by atoms with Gasteiger partial charge in [0.1, 0.15) is 0 Å². The van der Waals surface area contributed by atoms with Crippen LogP contribution in [0, 0.1) is 0 Å². The van der Waals surface area contributed by atoms with Gasteiger partial charge in [-0.25, -0.2) is 0 Å². The van der Waals surface area contributed by atoms with Crippen LogP contribution in [0.5, 0.6) is 0 Å². The average molecular weight is 200 g/mol. The fraction of sp³-hybridized carbons (Fsp3) is 0.857. The molecule has 1 aromatic rings. The first-order chi connectivity index (χ1) is 6.18. The highest BCUT2D eigenvalue weighted by atomic mass is 32.2. The maximum Gasteiger partial charge on any atom is 0.177 e. The molecule has 6 heteroatoms. The molecule has 1 unspecified atom stereocenters. The van der Waals surface area contributed by atoms with Gasteiger partial charge in [0.2, 0.25) is 0 Å². The molecular weight excluding hydrogens is 188 g/mol. The van der Waals surface area contributed by atoms with Gasteiger partial charge in [0.15, 0.2) is 5.82 Å². The van der Waals surface area contributed by atoms with Gasteiger partial charge in [-0.2, -0.15) is 16.6 Å². The molecule has 1 aliphatic heterocycles. The van der Waals surface area contributed by atoms with Crippen LogP contribution in [0.3, 0.4) is 0 Å². The van der Waals surface area contributed by atoms with E-state index in [0.29, 0.717) is 12.2 Å². The molecule has 0 radical (unpaired) electrons. The second-order valence-electron chi connectivity index (χ2n) is 3.40. The number of aromatic nitrogens is 4. The summed E-state index contributed by atoms with van der Waals surface area (Å²) in [6, 6.07) is 0. The summed E-state index contributed by atoms with van der Waals surface area (Å²) in [4.78, 5) is 1.42. The number of thioether (sulfide) groups is 1. The van der Waals surface area contributed by atoms with Crippen molar-refractivity contribution in [1.29, 1.82) is 0 Å². The van der Waals surface area contributed by atoms with Crippen LogP contribution in [0.2, 0.25) is 0 Å². The minimum absolute atomic E-state index is 0.522. The van der Waals surface area contributed by atoms with Crippen LogP contribution in [-0.2, 0) is 13.5 Å². The maximum absolute atomic E-state index is 10.0. The molecule has 0 spiro atoms. The Hall–Kier alpha value is -0.620. The summed E-state index contributed by atoms with van der Waals surface area (Å²) in [5, 5.41) is 21.6. The molecule has 0 bridgehead atoms. The molecule has 0 aliphatic carbocycles. The van der Waals surface area contributed by atoms with Crippen LogP contribution < -0.4 is 0 Å². The van der Waals surface area contributed by atoms with E-state index in [2.05, 4.69) is 15.4 Å². The Balaban J connectivity index is 2.04. The lowest BCUT2D eigenvalue weighted by Gasteiger charge is -2.18. The fourth-order valence-corrected chi connectivity index (χ4v) is 2.72. The van der Waals surface area contributed by atoms with Crippen LogP contribution in [-0.4, -0.2) is 42.4 Å². The molecule has 1 fully saturated rings. The van der Waals surface area contributed by atoms with Crippen molar-refractivity contribution < 1.29 is 5.11 Å².